The van der Waals surface area contributed by atoms with E-state index in [0.717, 1.165) is 25.2 Å². The van der Waals surface area contributed by atoms with Crippen LogP contribution in [0.25, 0.3) is 0 Å². The number of sulfonamides is 1. The molecule has 2 aliphatic heterocycles. The van der Waals surface area contributed by atoms with Gasteiger partial charge in [0.1, 0.15) is 5.82 Å². The third-order valence-corrected chi connectivity index (χ3v) is 8.31. The Morgan fingerprint density at radius 3 is 2.55 bits per heavy atom. The number of benzene rings is 2. The number of carbonyl (C=O) groups excluding carboxylic acids is 1. The molecule has 0 aliphatic carbocycles. The van der Waals surface area contributed by atoms with Crippen LogP contribution in [0.4, 0.5) is 10.1 Å². The van der Waals surface area contributed by atoms with Crippen molar-refractivity contribution in [1.82, 2.24) is 9.62 Å². The van der Waals surface area contributed by atoms with Gasteiger partial charge in [0.25, 0.3) is 5.91 Å². The Kier molecular flexibility index (Phi) is 7.31. The van der Waals surface area contributed by atoms with Gasteiger partial charge in [-0.15, -0.1) is 0 Å². The van der Waals surface area contributed by atoms with E-state index >= 15 is 0 Å². The molecule has 0 bridgehead atoms. The first-order valence-electron chi connectivity index (χ1n) is 11.4. The molecule has 9 heteroatoms. The van der Waals surface area contributed by atoms with E-state index in [4.69, 9.17) is 4.74 Å². The highest BCUT2D eigenvalue weighted by molar-refractivity contribution is 7.89. The summed E-state index contributed by atoms with van der Waals surface area (Å²) in [6.07, 6.45) is 1.48. The molecule has 2 aromatic rings. The largest absolute Gasteiger partial charge is 0.379 e. The van der Waals surface area contributed by atoms with Crippen LogP contribution in [0.5, 0.6) is 0 Å². The maximum absolute atomic E-state index is 13.2. The summed E-state index contributed by atoms with van der Waals surface area (Å²) in [4.78, 5) is 15.2. The Morgan fingerprint density at radius 1 is 1.12 bits per heavy atom. The zero-order chi connectivity index (χ0) is 23.4. The maximum atomic E-state index is 13.2. The number of morpholine rings is 1. The Morgan fingerprint density at radius 2 is 1.85 bits per heavy atom. The standard InChI is InChI=1S/C24H30FN3O4S/c1-2-19-3-4-20(15-23(19)33(30,31)28-11-13-32-14-12-28)24(29)26-16-18-9-10-27(17-18)22-7-5-21(25)6-8-22/h3-8,15,18H,2,9-14,16-17H2,1H3,(H,26,29). The summed E-state index contributed by atoms with van der Waals surface area (Å²) in [5.41, 5.74) is 2.01. The van der Waals surface area contributed by atoms with Gasteiger partial charge in [-0.2, -0.15) is 4.31 Å². The van der Waals surface area contributed by atoms with Crippen molar-refractivity contribution in [3.05, 3.63) is 59.4 Å². The van der Waals surface area contributed by atoms with Crippen LogP contribution < -0.4 is 10.2 Å². The van der Waals surface area contributed by atoms with Crippen molar-refractivity contribution in [3.8, 4) is 0 Å². The number of rotatable bonds is 7. The van der Waals surface area contributed by atoms with Gasteiger partial charge in [0, 0.05) is 44.0 Å². The van der Waals surface area contributed by atoms with E-state index in [1.165, 1.54) is 22.5 Å². The molecule has 0 radical (unpaired) electrons. The van der Waals surface area contributed by atoms with Gasteiger partial charge in [-0.3, -0.25) is 4.79 Å². The van der Waals surface area contributed by atoms with E-state index < -0.39 is 10.0 Å². The number of nitrogens with zero attached hydrogens (tertiary/aromatic N) is 2. The molecule has 2 aromatic carbocycles. The van der Waals surface area contributed by atoms with E-state index in [-0.39, 0.29) is 22.5 Å². The summed E-state index contributed by atoms with van der Waals surface area (Å²) < 4.78 is 46.3. The van der Waals surface area contributed by atoms with Crippen LogP contribution in [0.2, 0.25) is 0 Å². The summed E-state index contributed by atoms with van der Waals surface area (Å²) in [6, 6.07) is 11.3. The summed E-state index contributed by atoms with van der Waals surface area (Å²) in [7, 11) is -3.69. The minimum absolute atomic E-state index is 0.197. The number of carbonyl (C=O) groups is 1. The summed E-state index contributed by atoms with van der Waals surface area (Å²) in [5.74, 6) is -0.271. The Balaban J connectivity index is 1.41. The predicted molar refractivity (Wildman–Crippen MR) is 124 cm³/mol. The second kappa shape index (κ2) is 10.2. The lowest BCUT2D eigenvalue weighted by Crippen LogP contribution is -2.41. The molecule has 2 heterocycles. The summed E-state index contributed by atoms with van der Waals surface area (Å²) in [5, 5.41) is 2.96. The van der Waals surface area contributed by atoms with E-state index in [9.17, 15) is 17.6 Å². The lowest BCUT2D eigenvalue weighted by atomic mass is 10.1. The van der Waals surface area contributed by atoms with Crippen molar-refractivity contribution >= 4 is 21.6 Å². The molecule has 4 rings (SSSR count). The number of hydrogen-bond acceptors (Lipinski definition) is 5. The van der Waals surface area contributed by atoms with Crippen molar-refractivity contribution in [3.63, 3.8) is 0 Å². The molecule has 2 fully saturated rings. The van der Waals surface area contributed by atoms with Crippen LogP contribution in [0, 0.1) is 11.7 Å². The van der Waals surface area contributed by atoms with Crippen molar-refractivity contribution < 1.29 is 22.3 Å². The molecular formula is C24H30FN3O4S. The molecule has 1 atom stereocenters. The third kappa shape index (κ3) is 5.37. The van der Waals surface area contributed by atoms with Gasteiger partial charge in [-0.05, 0) is 60.7 Å². The average molecular weight is 476 g/mol. The number of hydrogen-bond donors (Lipinski definition) is 1. The second-order valence-corrected chi connectivity index (χ2v) is 10.4. The van der Waals surface area contributed by atoms with Crippen molar-refractivity contribution in [2.45, 2.75) is 24.7 Å². The molecule has 0 spiro atoms. The molecule has 1 unspecified atom stereocenters. The lowest BCUT2D eigenvalue weighted by molar-refractivity contribution is 0.0730. The first-order valence-corrected chi connectivity index (χ1v) is 12.8. The molecule has 2 aliphatic rings. The average Bonchev–Trinajstić information content (AvgIpc) is 3.32. The lowest BCUT2D eigenvalue weighted by Gasteiger charge is -2.27. The zero-order valence-corrected chi connectivity index (χ0v) is 19.6. The molecular weight excluding hydrogens is 445 g/mol. The van der Waals surface area contributed by atoms with Crippen LogP contribution in [-0.4, -0.2) is 64.6 Å². The van der Waals surface area contributed by atoms with Crippen LogP contribution in [0.15, 0.2) is 47.4 Å². The number of anilines is 1. The summed E-state index contributed by atoms with van der Waals surface area (Å²) in [6.45, 7) is 5.39. The van der Waals surface area contributed by atoms with Gasteiger partial charge in [0.2, 0.25) is 10.0 Å². The molecule has 1 N–H and O–H groups in total. The SMILES string of the molecule is CCc1ccc(C(=O)NCC2CCN(c3ccc(F)cc3)C2)cc1S(=O)(=O)N1CCOCC1. The highest BCUT2D eigenvalue weighted by atomic mass is 32.2. The molecule has 0 saturated carbocycles. The van der Waals surface area contributed by atoms with Gasteiger partial charge in [-0.1, -0.05) is 13.0 Å². The summed E-state index contributed by atoms with van der Waals surface area (Å²) >= 11 is 0. The minimum atomic E-state index is -3.69. The topological polar surface area (TPSA) is 79.0 Å². The fourth-order valence-corrected chi connectivity index (χ4v) is 6.11. The first-order chi connectivity index (χ1) is 15.9. The normalized spacial score (nSPS) is 19.6. The molecule has 1 amide bonds. The van der Waals surface area contributed by atoms with Gasteiger partial charge in [-0.25, -0.2) is 12.8 Å². The third-order valence-electron chi connectivity index (χ3n) is 6.33. The van der Waals surface area contributed by atoms with Crippen LogP contribution in [0.3, 0.4) is 0 Å². The first kappa shape index (κ1) is 23.7. The number of halogens is 1. The quantitative estimate of drug-likeness (QED) is 0.666. The van der Waals surface area contributed by atoms with Gasteiger partial charge < -0.3 is 15.0 Å². The fourth-order valence-electron chi connectivity index (χ4n) is 4.38. The number of amides is 1. The highest BCUT2D eigenvalue weighted by Crippen LogP contribution is 2.25. The van der Waals surface area contributed by atoms with Crippen molar-refractivity contribution in [2.24, 2.45) is 5.92 Å². The molecule has 2 saturated heterocycles. The van der Waals surface area contributed by atoms with Gasteiger partial charge in [0.05, 0.1) is 18.1 Å². The molecule has 0 aromatic heterocycles. The number of nitrogens with one attached hydrogen (secondary N) is 1. The minimum Gasteiger partial charge on any atom is -0.379 e. The second-order valence-electron chi connectivity index (χ2n) is 8.48. The molecule has 178 valence electrons. The number of ether oxygens (including phenoxy) is 1. The fraction of sp³-hybridized carbons (Fsp3) is 0.458. The van der Waals surface area contributed by atoms with Crippen molar-refractivity contribution in [2.75, 3.05) is 50.8 Å². The Labute approximate surface area is 194 Å². The van der Waals surface area contributed by atoms with Crippen molar-refractivity contribution in [1.29, 1.82) is 0 Å². The Hall–Kier alpha value is -2.49. The monoisotopic (exact) mass is 475 g/mol. The smallest absolute Gasteiger partial charge is 0.251 e. The zero-order valence-electron chi connectivity index (χ0n) is 18.8. The van der Waals surface area contributed by atoms with E-state index in [1.54, 1.807) is 24.3 Å². The molecule has 33 heavy (non-hydrogen) atoms. The van der Waals surface area contributed by atoms with E-state index in [2.05, 4.69) is 10.2 Å². The number of aryl methyl sites for hydroxylation is 1. The maximum Gasteiger partial charge on any atom is 0.251 e. The van der Waals surface area contributed by atoms with E-state index in [0.29, 0.717) is 50.4 Å². The van der Waals surface area contributed by atoms with Gasteiger partial charge in [0.15, 0.2) is 0 Å². The highest BCUT2D eigenvalue weighted by Gasteiger charge is 2.29. The van der Waals surface area contributed by atoms with Gasteiger partial charge >= 0.3 is 0 Å². The Bertz CT molecular complexity index is 1090. The van der Waals surface area contributed by atoms with Crippen LogP contribution in [0.1, 0.15) is 29.3 Å². The van der Waals surface area contributed by atoms with Crippen LogP contribution >= 0.6 is 0 Å². The van der Waals surface area contributed by atoms with E-state index in [1.807, 2.05) is 6.92 Å². The predicted octanol–water partition coefficient (Wildman–Crippen LogP) is 2.67. The molecule has 7 nitrogen and oxygen atoms in total. The van der Waals surface area contributed by atoms with Crippen LogP contribution in [-0.2, 0) is 21.2 Å².